The van der Waals surface area contributed by atoms with E-state index in [1.54, 1.807) is 44.2 Å². The first-order valence-corrected chi connectivity index (χ1v) is 8.15. The molecule has 2 aromatic carbocycles. The second kappa shape index (κ2) is 7.39. The van der Waals surface area contributed by atoms with Gasteiger partial charge in [0.2, 0.25) is 0 Å². The van der Waals surface area contributed by atoms with E-state index in [1.165, 1.54) is 18.2 Å². The van der Waals surface area contributed by atoms with Crippen molar-refractivity contribution in [1.29, 1.82) is 0 Å². The summed E-state index contributed by atoms with van der Waals surface area (Å²) < 4.78 is 29.8. The minimum absolute atomic E-state index is 0.240. The number of carbonyl (C=O) groups is 1. The number of esters is 1. The summed E-state index contributed by atoms with van der Waals surface area (Å²) in [4.78, 5) is 23.6. The molecule has 0 aliphatic rings. The van der Waals surface area contributed by atoms with Crippen LogP contribution in [0.25, 0.3) is 22.1 Å². The fourth-order valence-electron chi connectivity index (χ4n) is 2.63. The van der Waals surface area contributed by atoms with Gasteiger partial charge in [-0.05, 0) is 32.0 Å². The maximum atomic E-state index is 14.1. The van der Waals surface area contributed by atoms with Crippen molar-refractivity contribution in [3.63, 3.8) is 0 Å². The molecule has 1 heterocycles. The van der Waals surface area contributed by atoms with Crippen molar-refractivity contribution in [3.05, 3.63) is 64.8 Å². The molecule has 0 N–H and O–H groups in total. The zero-order valence-corrected chi connectivity index (χ0v) is 14.3. The van der Waals surface area contributed by atoms with Crippen LogP contribution in [0, 0.1) is 5.82 Å². The second-order valence-electron chi connectivity index (χ2n) is 5.63. The van der Waals surface area contributed by atoms with E-state index in [2.05, 4.69) is 0 Å². The Hall–Kier alpha value is -3.15. The molecule has 1 aromatic heterocycles. The minimum atomic E-state index is -0.811. The molecule has 134 valence electrons. The highest BCUT2D eigenvalue weighted by atomic mass is 19.1. The Labute approximate surface area is 149 Å². The molecule has 0 bridgehead atoms. The van der Waals surface area contributed by atoms with E-state index in [0.717, 1.165) is 0 Å². The number of halogens is 1. The molecular formula is C20H17FO5. The fraction of sp³-hybridized carbons (Fsp3) is 0.200. The van der Waals surface area contributed by atoms with Crippen LogP contribution >= 0.6 is 0 Å². The molecule has 0 aliphatic carbocycles. The van der Waals surface area contributed by atoms with E-state index in [0.29, 0.717) is 22.3 Å². The molecule has 0 amide bonds. The molecule has 1 unspecified atom stereocenters. The third-order valence-corrected chi connectivity index (χ3v) is 3.81. The SMILES string of the molecule is CCOC(=O)C(C)Oc1ccc2c(-c3ccccc3F)cc(=O)oc2c1. The number of rotatable bonds is 5. The van der Waals surface area contributed by atoms with E-state index in [4.69, 9.17) is 13.9 Å². The molecule has 3 aromatic rings. The van der Waals surface area contributed by atoms with Gasteiger partial charge < -0.3 is 13.9 Å². The first kappa shape index (κ1) is 17.7. The molecule has 26 heavy (non-hydrogen) atoms. The lowest BCUT2D eigenvalue weighted by Crippen LogP contribution is -2.26. The molecule has 0 saturated heterocycles. The summed E-state index contributed by atoms with van der Waals surface area (Å²) in [6.45, 7) is 3.53. The van der Waals surface area contributed by atoms with Crippen molar-refractivity contribution in [2.75, 3.05) is 6.61 Å². The first-order chi connectivity index (χ1) is 12.5. The lowest BCUT2D eigenvalue weighted by molar-refractivity contribution is -0.150. The van der Waals surface area contributed by atoms with Crippen LogP contribution in [0.4, 0.5) is 4.39 Å². The van der Waals surface area contributed by atoms with Gasteiger partial charge in [-0.25, -0.2) is 14.0 Å². The Kier molecular flexibility index (Phi) is 5.02. The molecule has 6 heteroatoms. The Morgan fingerprint density at radius 3 is 2.65 bits per heavy atom. The van der Waals surface area contributed by atoms with Crippen LogP contribution in [0.3, 0.4) is 0 Å². The van der Waals surface area contributed by atoms with E-state index >= 15 is 0 Å². The highest BCUT2D eigenvalue weighted by molar-refractivity contribution is 5.94. The molecule has 0 spiro atoms. The lowest BCUT2D eigenvalue weighted by atomic mass is 10.0. The lowest BCUT2D eigenvalue weighted by Gasteiger charge is -2.14. The highest BCUT2D eigenvalue weighted by Gasteiger charge is 2.17. The fourth-order valence-corrected chi connectivity index (χ4v) is 2.63. The number of fused-ring (bicyclic) bond motifs is 1. The van der Waals surface area contributed by atoms with Crippen molar-refractivity contribution in [2.24, 2.45) is 0 Å². The average molecular weight is 356 g/mol. The summed E-state index contributed by atoms with van der Waals surface area (Å²) in [7, 11) is 0. The van der Waals surface area contributed by atoms with Crippen molar-refractivity contribution in [2.45, 2.75) is 20.0 Å². The topological polar surface area (TPSA) is 65.7 Å². The number of benzene rings is 2. The Morgan fingerprint density at radius 2 is 1.92 bits per heavy atom. The standard InChI is InChI=1S/C20H17FO5/c1-3-24-20(23)12(2)25-13-8-9-15-16(11-19(22)26-18(15)10-13)14-6-4-5-7-17(14)21/h4-12H,3H2,1-2H3. The maximum Gasteiger partial charge on any atom is 0.347 e. The Bertz CT molecular complexity index is 1010. The molecule has 0 saturated carbocycles. The van der Waals surface area contributed by atoms with Crippen LogP contribution < -0.4 is 10.4 Å². The average Bonchev–Trinajstić information content (AvgIpc) is 2.61. The summed E-state index contributed by atoms with van der Waals surface area (Å²) in [5.74, 6) is -0.586. The second-order valence-corrected chi connectivity index (χ2v) is 5.63. The number of hydrogen-bond acceptors (Lipinski definition) is 5. The third-order valence-electron chi connectivity index (χ3n) is 3.81. The van der Waals surface area contributed by atoms with Gasteiger partial charge in [-0.15, -0.1) is 0 Å². The molecule has 0 aliphatic heterocycles. The Morgan fingerprint density at radius 1 is 1.15 bits per heavy atom. The highest BCUT2D eigenvalue weighted by Crippen LogP contribution is 2.31. The van der Waals surface area contributed by atoms with Gasteiger partial charge in [-0.3, -0.25) is 0 Å². The zero-order chi connectivity index (χ0) is 18.7. The first-order valence-electron chi connectivity index (χ1n) is 8.15. The van der Waals surface area contributed by atoms with Gasteiger partial charge >= 0.3 is 11.6 Å². The van der Waals surface area contributed by atoms with Gasteiger partial charge in [0.1, 0.15) is 17.1 Å². The van der Waals surface area contributed by atoms with Crippen LogP contribution in [-0.4, -0.2) is 18.7 Å². The van der Waals surface area contributed by atoms with Crippen molar-refractivity contribution in [1.82, 2.24) is 0 Å². The molecule has 1 atom stereocenters. The molecule has 0 radical (unpaired) electrons. The van der Waals surface area contributed by atoms with Crippen LogP contribution in [-0.2, 0) is 9.53 Å². The van der Waals surface area contributed by atoms with E-state index in [9.17, 15) is 14.0 Å². The number of carbonyl (C=O) groups excluding carboxylic acids is 1. The van der Waals surface area contributed by atoms with E-state index in [1.807, 2.05) is 0 Å². The van der Waals surface area contributed by atoms with Crippen LogP contribution in [0.5, 0.6) is 5.75 Å². The normalized spacial score (nSPS) is 12.0. The molecule has 3 rings (SSSR count). The quantitative estimate of drug-likeness (QED) is 0.512. The maximum absolute atomic E-state index is 14.1. The van der Waals surface area contributed by atoms with Gasteiger partial charge in [0, 0.05) is 28.6 Å². The van der Waals surface area contributed by atoms with Crippen LogP contribution in [0.15, 0.2) is 57.7 Å². The number of hydrogen-bond donors (Lipinski definition) is 0. The predicted octanol–water partition coefficient (Wildman–Crippen LogP) is 3.93. The minimum Gasteiger partial charge on any atom is -0.479 e. The largest absolute Gasteiger partial charge is 0.479 e. The van der Waals surface area contributed by atoms with Gasteiger partial charge in [0.05, 0.1) is 6.61 Å². The summed E-state index contributed by atoms with van der Waals surface area (Å²) in [5.41, 5.74) is 0.369. The van der Waals surface area contributed by atoms with Gasteiger partial charge in [0.25, 0.3) is 0 Å². The van der Waals surface area contributed by atoms with Crippen molar-refractivity contribution < 1.29 is 23.1 Å². The van der Waals surface area contributed by atoms with Crippen molar-refractivity contribution in [3.8, 4) is 16.9 Å². The van der Waals surface area contributed by atoms with E-state index < -0.39 is 23.5 Å². The zero-order valence-electron chi connectivity index (χ0n) is 14.3. The van der Waals surface area contributed by atoms with Gasteiger partial charge in [0.15, 0.2) is 6.10 Å². The van der Waals surface area contributed by atoms with Crippen LogP contribution in [0.1, 0.15) is 13.8 Å². The monoisotopic (exact) mass is 356 g/mol. The predicted molar refractivity (Wildman–Crippen MR) is 94.6 cm³/mol. The summed E-state index contributed by atoms with van der Waals surface area (Å²) in [5, 5.41) is 0.561. The summed E-state index contributed by atoms with van der Waals surface area (Å²) in [6.07, 6.45) is -0.811. The smallest absolute Gasteiger partial charge is 0.347 e. The van der Waals surface area contributed by atoms with Crippen LogP contribution in [0.2, 0.25) is 0 Å². The van der Waals surface area contributed by atoms with Gasteiger partial charge in [-0.1, -0.05) is 18.2 Å². The van der Waals surface area contributed by atoms with E-state index in [-0.39, 0.29) is 12.2 Å². The molecule has 0 fully saturated rings. The Balaban J connectivity index is 2.03. The number of ether oxygens (including phenoxy) is 2. The molecule has 5 nitrogen and oxygen atoms in total. The molecular weight excluding hydrogens is 339 g/mol. The van der Waals surface area contributed by atoms with Gasteiger partial charge in [-0.2, -0.15) is 0 Å². The summed E-state index contributed by atoms with van der Waals surface area (Å²) >= 11 is 0. The summed E-state index contributed by atoms with van der Waals surface area (Å²) in [6, 6.07) is 12.2. The van der Waals surface area contributed by atoms with Crippen molar-refractivity contribution >= 4 is 16.9 Å². The third kappa shape index (κ3) is 3.59.